The average Bonchev–Trinajstić information content (AvgIpc) is 3.02. The first-order chi connectivity index (χ1) is 12.6. The van der Waals surface area contributed by atoms with E-state index in [1.165, 1.54) is 0 Å². The third-order valence-corrected chi connectivity index (χ3v) is 4.57. The minimum Gasteiger partial charge on any atom is -0.449 e. The first-order valence-corrected chi connectivity index (χ1v) is 8.69. The molecule has 2 aromatic heterocycles. The SMILES string of the molecule is C[NH+](CC(=O)N1CCOCC1)Cc1nc2c(oc3ccccc32)c(=O)[nH]1. The van der Waals surface area contributed by atoms with Crippen LogP contribution in [0.25, 0.3) is 22.1 Å². The number of likely N-dealkylation sites (N-methyl/N-ethyl adjacent to an activating group) is 1. The Balaban J connectivity index is 1.54. The molecule has 8 heteroatoms. The number of nitrogens with one attached hydrogen (secondary N) is 2. The highest BCUT2D eigenvalue weighted by molar-refractivity contribution is 6.01. The summed E-state index contributed by atoms with van der Waals surface area (Å²) in [5, 5.41) is 0.817. The fourth-order valence-corrected chi connectivity index (χ4v) is 3.26. The Bertz CT molecular complexity index is 1000. The van der Waals surface area contributed by atoms with Crippen LogP contribution in [0.2, 0.25) is 0 Å². The van der Waals surface area contributed by atoms with Crippen molar-refractivity contribution >= 4 is 28.0 Å². The smallest absolute Gasteiger partial charge is 0.294 e. The lowest BCUT2D eigenvalue weighted by atomic mass is 10.2. The van der Waals surface area contributed by atoms with Gasteiger partial charge in [-0.25, -0.2) is 4.98 Å². The van der Waals surface area contributed by atoms with Crippen molar-refractivity contribution in [3.63, 3.8) is 0 Å². The van der Waals surface area contributed by atoms with Crippen molar-refractivity contribution in [1.82, 2.24) is 14.9 Å². The van der Waals surface area contributed by atoms with Gasteiger partial charge in [-0.1, -0.05) is 12.1 Å². The van der Waals surface area contributed by atoms with Gasteiger partial charge in [0.05, 0.1) is 20.3 Å². The molecule has 136 valence electrons. The lowest BCUT2D eigenvalue weighted by Gasteiger charge is -2.27. The van der Waals surface area contributed by atoms with Gasteiger partial charge in [-0.15, -0.1) is 0 Å². The molecule has 4 rings (SSSR count). The summed E-state index contributed by atoms with van der Waals surface area (Å²) in [5.74, 6) is 0.629. The third-order valence-electron chi connectivity index (χ3n) is 4.57. The van der Waals surface area contributed by atoms with Crippen LogP contribution in [0.15, 0.2) is 33.5 Å². The number of morpholine rings is 1. The Kier molecular flexibility index (Phi) is 4.44. The first-order valence-electron chi connectivity index (χ1n) is 8.69. The van der Waals surface area contributed by atoms with Gasteiger partial charge in [-0.05, 0) is 12.1 Å². The fourth-order valence-electron chi connectivity index (χ4n) is 3.26. The number of carbonyl (C=O) groups is 1. The van der Waals surface area contributed by atoms with Crippen molar-refractivity contribution in [3.05, 3.63) is 40.4 Å². The van der Waals surface area contributed by atoms with Crippen LogP contribution >= 0.6 is 0 Å². The number of carbonyl (C=O) groups excluding carboxylic acids is 1. The molecule has 3 aromatic rings. The topological polar surface area (TPSA) is 92.9 Å². The number of furan rings is 1. The summed E-state index contributed by atoms with van der Waals surface area (Å²) in [6.45, 7) is 3.23. The summed E-state index contributed by atoms with van der Waals surface area (Å²) in [4.78, 5) is 34.8. The first kappa shape index (κ1) is 16.7. The van der Waals surface area contributed by atoms with Crippen LogP contribution in [0, 0.1) is 0 Å². The highest BCUT2D eigenvalue weighted by Crippen LogP contribution is 2.24. The van der Waals surface area contributed by atoms with Gasteiger partial charge in [0, 0.05) is 18.5 Å². The lowest BCUT2D eigenvalue weighted by molar-refractivity contribution is -0.886. The quantitative estimate of drug-likeness (QED) is 0.659. The van der Waals surface area contributed by atoms with Gasteiger partial charge in [0.1, 0.15) is 17.6 Å². The summed E-state index contributed by atoms with van der Waals surface area (Å²) in [5.41, 5.74) is 1.14. The number of benzene rings is 1. The summed E-state index contributed by atoms with van der Waals surface area (Å²) >= 11 is 0. The number of fused-ring (bicyclic) bond motifs is 3. The Morgan fingerprint density at radius 1 is 1.31 bits per heavy atom. The van der Waals surface area contributed by atoms with Crippen LogP contribution in [0.4, 0.5) is 0 Å². The third kappa shape index (κ3) is 3.21. The van der Waals surface area contributed by atoms with E-state index in [2.05, 4.69) is 9.97 Å². The van der Waals surface area contributed by atoms with Crippen molar-refractivity contribution in [2.24, 2.45) is 0 Å². The maximum atomic E-state index is 12.4. The fraction of sp³-hybridized carbons (Fsp3) is 0.389. The van der Waals surface area contributed by atoms with Crippen LogP contribution in [0.1, 0.15) is 5.82 Å². The standard InChI is InChI=1S/C18H20N4O4/c1-21(11-15(23)22-6-8-25-9-7-22)10-14-19-16-12-4-2-3-5-13(12)26-17(16)18(24)20-14/h2-5H,6-11H2,1H3,(H,19,20,24)/p+1. The molecule has 0 saturated carbocycles. The van der Waals surface area contributed by atoms with E-state index in [0.29, 0.717) is 56.3 Å². The molecule has 1 aromatic carbocycles. The molecule has 1 saturated heterocycles. The van der Waals surface area contributed by atoms with Crippen LogP contribution in [0.3, 0.4) is 0 Å². The zero-order valence-corrected chi connectivity index (χ0v) is 14.6. The minimum atomic E-state index is -0.298. The number of aromatic nitrogens is 2. The number of hydrogen-bond donors (Lipinski definition) is 2. The average molecular weight is 357 g/mol. The molecule has 1 unspecified atom stereocenters. The van der Waals surface area contributed by atoms with E-state index in [4.69, 9.17) is 9.15 Å². The maximum Gasteiger partial charge on any atom is 0.294 e. The van der Waals surface area contributed by atoms with Crippen molar-refractivity contribution in [2.45, 2.75) is 6.54 Å². The predicted octanol–water partition coefficient (Wildman–Crippen LogP) is -0.457. The zero-order chi connectivity index (χ0) is 18.1. The highest BCUT2D eigenvalue weighted by atomic mass is 16.5. The van der Waals surface area contributed by atoms with Crippen molar-refractivity contribution < 1.29 is 18.8 Å². The number of aromatic amines is 1. The Hall–Kier alpha value is -2.71. The molecule has 0 aliphatic carbocycles. The van der Waals surface area contributed by atoms with Crippen LogP contribution < -0.4 is 10.5 Å². The van der Waals surface area contributed by atoms with Gasteiger partial charge in [0.15, 0.2) is 12.4 Å². The molecule has 0 bridgehead atoms. The van der Waals surface area contributed by atoms with Crippen molar-refractivity contribution in [2.75, 3.05) is 39.9 Å². The molecular weight excluding hydrogens is 336 g/mol. The summed E-state index contributed by atoms with van der Waals surface area (Å²) in [6.07, 6.45) is 0. The van der Waals surface area contributed by atoms with Crippen molar-refractivity contribution in [1.29, 1.82) is 0 Å². The molecule has 1 aliphatic rings. The molecule has 1 aliphatic heterocycles. The van der Waals surface area contributed by atoms with E-state index in [1.807, 2.05) is 36.2 Å². The van der Waals surface area contributed by atoms with E-state index in [-0.39, 0.29) is 17.0 Å². The second-order valence-electron chi connectivity index (χ2n) is 6.59. The number of quaternary nitrogens is 1. The molecule has 26 heavy (non-hydrogen) atoms. The van der Waals surface area contributed by atoms with E-state index < -0.39 is 0 Å². The van der Waals surface area contributed by atoms with Crippen LogP contribution in [-0.2, 0) is 16.1 Å². The predicted molar refractivity (Wildman–Crippen MR) is 95.0 cm³/mol. The van der Waals surface area contributed by atoms with Crippen molar-refractivity contribution in [3.8, 4) is 0 Å². The molecule has 1 atom stereocenters. The second-order valence-corrected chi connectivity index (χ2v) is 6.59. The van der Waals surface area contributed by atoms with E-state index in [9.17, 15) is 9.59 Å². The Labute approximate surface area is 149 Å². The summed E-state index contributed by atoms with van der Waals surface area (Å²) in [6, 6.07) is 7.44. The van der Waals surface area contributed by atoms with Gasteiger partial charge in [-0.2, -0.15) is 0 Å². The highest BCUT2D eigenvalue weighted by Gasteiger charge is 2.21. The molecule has 1 fully saturated rings. The number of hydrogen-bond acceptors (Lipinski definition) is 5. The second kappa shape index (κ2) is 6.89. The van der Waals surface area contributed by atoms with Crippen LogP contribution in [0.5, 0.6) is 0 Å². The van der Waals surface area contributed by atoms with E-state index in [1.54, 1.807) is 0 Å². The number of H-pyrrole nitrogens is 1. The van der Waals surface area contributed by atoms with Gasteiger partial charge in [-0.3, -0.25) is 9.59 Å². The van der Waals surface area contributed by atoms with Gasteiger partial charge < -0.3 is 23.9 Å². The number of amides is 1. The van der Waals surface area contributed by atoms with Gasteiger partial charge >= 0.3 is 0 Å². The van der Waals surface area contributed by atoms with E-state index >= 15 is 0 Å². The Morgan fingerprint density at radius 3 is 2.88 bits per heavy atom. The number of nitrogens with zero attached hydrogens (tertiary/aromatic N) is 2. The largest absolute Gasteiger partial charge is 0.449 e. The number of ether oxygens (including phenoxy) is 1. The minimum absolute atomic E-state index is 0.0861. The molecule has 3 heterocycles. The van der Waals surface area contributed by atoms with E-state index in [0.717, 1.165) is 10.3 Å². The monoisotopic (exact) mass is 357 g/mol. The molecule has 2 N–H and O–H groups in total. The van der Waals surface area contributed by atoms with Gasteiger partial charge in [0.2, 0.25) is 5.58 Å². The normalized spacial score (nSPS) is 16.3. The molecule has 8 nitrogen and oxygen atoms in total. The molecular formula is C18H21N4O4+. The number of rotatable bonds is 4. The Morgan fingerprint density at radius 2 is 2.08 bits per heavy atom. The van der Waals surface area contributed by atoms with Crippen LogP contribution in [-0.4, -0.2) is 60.7 Å². The lowest BCUT2D eigenvalue weighted by Crippen LogP contribution is -3.09. The maximum absolute atomic E-state index is 12.4. The molecule has 1 amide bonds. The number of para-hydroxylation sites is 1. The summed E-state index contributed by atoms with van der Waals surface area (Å²) in [7, 11) is 1.91. The zero-order valence-electron chi connectivity index (χ0n) is 14.6. The molecule has 0 spiro atoms. The summed E-state index contributed by atoms with van der Waals surface area (Å²) < 4.78 is 10.9. The molecule has 0 radical (unpaired) electrons. The van der Waals surface area contributed by atoms with Gasteiger partial charge in [0.25, 0.3) is 11.5 Å².